The molecule has 0 radical (unpaired) electrons. The number of aliphatic hydroxyl groups excluding tert-OH is 1. The number of amides is 2. The first-order valence-electron chi connectivity index (χ1n) is 14.8. The summed E-state index contributed by atoms with van der Waals surface area (Å²) in [5.41, 5.74) is 0.692. The van der Waals surface area contributed by atoms with Gasteiger partial charge in [-0.25, -0.2) is 4.79 Å². The molecular weight excluding hydrogens is 500 g/mol. The van der Waals surface area contributed by atoms with Crippen molar-refractivity contribution in [1.82, 2.24) is 10.6 Å². The molecular formula is C34H40N2O4. The van der Waals surface area contributed by atoms with Gasteiger partial charge in [-0.1, -0.05) is 72.8 Å². The van der Waals surface area contributed by atoms with Gasteiger partial charge in [-0.3, -0.25) is 4.79 Å². The molecule has 2 atom stereocenters. The average Bonchev–Trinajstić information content (AvgIpc) is 2.94. The second kappa shape index (κ2) is 11.2. The molecule has 4 fully saturated rings. The highest BCUT2D eigenvalue weighted by Crippen LogP contribution is 2.54. The van der Waals surface area contributed by atoms with Crippen molar-refractivity contribution in [3.63, 3.8) is 0 Å². The van der Waals surface area contributed by atoms with Crippen LogP contribution in [0, 0.1) is 23.7 Å². The molecule has 2 amide bonds. The third kappa shape index (κ3) is 5.73. The van der Waals surface area contributed by atoms with Crippen LogP contribution in [0.3, 0.4) is 0 Å². The number of aliphatic hydroxyl groups is 1. The van der Waals surface area contributed by atoms with Crippen molar-refractivity contribution in [1.29, 1.82) is 0 Å². The van der Waals surface area contributed by atoms with E-state index in [0.29, 0.717) is 24.7 Å². The van der Waals surface area contributed by atoms with Gasteiger partial charge in [0.1, 0.15) is 11.6 Å². The van der Waals surface area contributed by atoms with E-state index in [1.165, 1.54) is 6.42 Å². The van der Waals surface area contributed by atoms with Gasteiger partial charge < -0.3 is 20.5 Å². The van der Waals surface area contributed by atoms with Crippen LogP contribution < -0.4 is 10.6 Å². The van der Waals surface area contributed by atoms with Crippen LogP contribution in [0.15, 0.2) is 72.8 Å². The largest absolute Gasteiger partial charge is 0.446 e. The minimum atomic E-state index is -1.27. The molecule has 0 spiro atoms. The van der Waals surface area contributed by atoms with Gasteiger partial charge in [0.15, 0.2) is 0 Å². The molecule has 0 aliphatic heterocycles. The molecule has 4 bridgehead atoms. The fourth-order valence-electron chi connectivity index (χ4n) is 7.79. The van der Waals surface area contributed by atoms with Crippen molar-refractivity contribution in [2.75, 3.05) is 6.61 Å². The topological polar surface area (TPSA) is 87.7 Å². The molecule has 7 rings (SSSR count). The van der Waals surface area contributed by atoms with Gasteiger partial charge in [0.05, 0.1) is 12.6 Å². The summed E-state index contributed by atoms with van der Waals surface area (Å²) in [5.74, 6) is 2.11. The van der Waals surface area contributed by atoms with Crippen LogP contribution in [0.2, 0.25) is 0 Å². The highest BCUT2D eigenvalue weighted by molar-refractivity contribution is 5.90. The number of carbonyl (C=O) groups excluding carboxylic acids is 2. The lowest BCUT2D eigenvalue weighted by Gasteiger charge is -2.53. The Balaban J connectivity index is 1.20. The zero-order valence-electron chi connectivity index (χ0n) is 23.2. The van der Waals surface area contributed by atoms with Gasteiger partial charge in [-0.2, -0.15) is 0 Å². The van der Waals surface area contributed by atoms with Crippen molar-refractivity contribution in [2.45, 2.75) is 69.6 Å². The lowest BCUT2D eigenvalue weighted by molar-refractivity contribution is -0.128. The summed E-state index contributed by atoms with van der Waals surface area (Å²) in [6.07, 6.45) is 6.13. The Bertz CT molecular complexity index is 1330. The Kier molecular flexibility index (Phi) is 7.54. The van der Waals surface area contributed by atoms with E-state index in [2.05, 4.69) is 22.8 Å². The van der Waals surface area contributed by atoms with Gasteiger partial charge in [-0.15, -0.1) is 0 Å². The van der Waals surface area contributed by atoms with Crippen LogP contribution in [0.5, 0.6) is 0 Å². The number of hydrogen-bond donors (Lipinski definition) is 3. The summed E-state index contributed by atoms with van der Waals surface area (Å²) < 4.78 is 6.13. The Morgan fingerprint density at radius 2 is 1.52 bits per heavy atom. The third-order valence-electron chi connectivity index (χ3n) is 9.51. The summed E-state index contributed by atoms with van der Waals surface area (Å²) >= 11 is 0. The van der Waals surface area contributed by atoms with Crippen LogP contribution in [-0.4, -0.2) is 41.4 Å². The highest BCUT2D eigenvalue weighted by atomic mass is 16.6. The first-order valence-corrected chi connectivity index (χ1v) is 14.8. The predicted octanol–water partition coefficient (Wildman–Crippen LogP) is 5.41. The van der Waals surface area contributed by atoms with Gasteiger partial charge >= 0.3 is 6.09 Å². The summed E-state index contributed by atoms with van der Waals surface area (Å²) in [7, 11) is 0. The molecule has 40 heavy (non-hydrogen) atoms. The van der Waals surface area contributed by atoms with Crippen LogP contribution in [0.25, 0.3) is 10.8 Å². The third-order valence-corrected chi connectivity index (χ3v) is 9.51. The first kappa shape index (κ1) is 26.8. The van der Waals surface area contributed by atoms with Gasteiger partial charge in [0.2, 0.25) is 5.91 Å². The summed E-state index contributed by atoms with van der Waals surface area (Å²) in [6.45, 7) is 1.55. The second-order valence-corrected chi connectivity index (χ2v) is 12.7. The molecule has 4 aliphatic carbocycles. The Labute approximate surface area is 236 Å². The van der Waals surface area contributed by atoms with Crippen molar-refractivity contribution in [3.8, 4) is 0 Å². The SMILES string of the molecule is CC(Cc1ccc2ccccc2c1)(NC(=O)OC1C2CC3CC(C2)CC1C3)C(=O)NC(CO)Cc1ccccc1. The van der Waals surface area contributed by atoms with Crippen LogP contribution in [-0.2, 0) is 22.4 Å². The number of ether oxygens (including phenoxy) is 1. The molecule has 6 heteroatoms. The Morgan fingerprint density at radius 3 is 2.20 bits per heavy atom. The number of benzene rings is 3. The highest BCUT2D eigenvalue weighted by Gasteiger charge is 2.50. The fourth-order valence-corrected chi connectivity index (χ4v) is 7.79. The Hall–Kier alpha value is -3.38. The standard InChI is InChI=1S/C34H40N2O4/c1-34(20-23-11-12-26-9-5-6-10-27(26)14-23,32(38)35-30(21-37)19-22-7-3-2-4-8-22)36-33(39)40-31-28-15-24-13-25(17-28)18-29(31)16-24/h2-12,14,24-25,28-31,37H,13,15-21H2,1H3,(H,35,38)(H,36,39). The predicted molar refractivity (Wildman–Crippen MR) is 156 cm³/mol. The van der Waals surface area contributed by atoms with E-state index in [1.807, 2.05) is 60.7 Å². The summed E-state index contributed by atoms with van der Waals surface area (Å²) in [5, 5.41) is 18.3. The second-order valence-electron chi connectivity index (χ2n) is 12.7. The van der Waals surface area contributed by atoms with Crippen molar-refractivity contribution >= 4 is 22.8 Å². The molecule has 3 aromatic carbocycles. The Morgan fingerprint density at radius 1 is 0.875 bits per heavy atom. The lowest BCUT2D eigenvalue weighted by atomic mass is 9.55. The zero-order valence-corrected chi connectivity index (χ0v) is 23.2. The molecule has 3 aromatic rings. The average molecular weight is 541 g/mol. The minimum absolute atomic E-state index is 0.0657. The molecule has 4 aliphatic rings. The fraction of sp³-hybridized carbons (Fsp3) is 0.471. The maximum Gasteiger partial charge on any atom is 0.408 e. The maximum atomic E-state index is 13.9. The van der Waals surface area contributed by atoms with E-state index in [9.17, 15) is 14.7 Å². The molecule has 0 saturated heterocycles. The van der Waals surface area contributed by atoms with E-state index in [1.54, 1.807) is 6.92 Å². The number of fused-ring (bicyclic) bond motifs is 1. The summed E-state index contributed by atoms with van der Waals surface area (Å²) in [6, 6.07) is 23.5. The number of carbonyl (C=O) groups is 2. The number of alkyl carbamates (subject to hydrolysis) is 1. The number of hydrogen-bond acceptors (Lipinski definition) is 4. The molecule has 6 nitrogen and oxygen atoms in total. The quantitative estimate of drug-likeness (QED) is 0.339. The van der Waals surface area contributed by atoms with E-state index in [-0.39, 0.29) is 18.6 Å². The lowest BCUT2D eigenvalue weighted by Crippen LogP contribution is -2.61. The van der Waals surface area contributed by atoms with Crippen LogP contribution in [0.1, 0.15) is 50.2 Å². The maximum absolute atomic E-state index is 13.9. The first-order chi connectivity index (χ1) is 19.4. The van der Waals surface area contributed by atoms with Crippen LogP contribution in [0.4, 0.5) is 4.79 Å². The van der Waals surface area contributed by atoms with Crippen molar-refractivity contribution in [3.05, 3.63) is 83.9 Å². The summed E-state index contributed by atoms with van der Waals surface area (Å²) in [4.78, 5) is 27.3. The number of nitrogens with one attached hydrogen (secondary N) is 2. The van der Waals surface area contributed by atoms with E-state index in [0.717, 1.165) is 59.4 Å². The number of rotatable bonds is 9. The van der Waals surface area contributed by atoms with Gasteiger partial charge in [0.25, 0.3) is 0 Å². The molecule has 0 heterocycles. The van der Waals surface area contributed by atoms with Crippen LogP contribution >= 0.6 is 0 Å². The monoisotopic (exact) mass is 540 g/mol. The van der Waals surface area contributed by atoms with E-state index >= 15 is 0 Å². The molecule has 210 valence electrons. The van der Waals surface area contributed by atoms with Gasteiger partial charge in [0, 0.05) is 6.42 Å². The zero-order chi connectivity index (χ0) is 27.7. The van der Waals surface area contributed by atoms with Crippen molar-refractivity contribution < 1.29 is 19.4 Å². The van der Waals surface area contributed by atoms with E-state index < -0.39 is 17.7 Å². The van der Waals surface area contributed by atoms with Crippen molar-refractivity contribution in [2.24, 2.45) is 23.7 Å². The molecule has 0 aromatic heterocycles. The smallest absolute Gasteiger partial charge is 0.408 e. The van der Waals surface area contributed by atoms with E-state index in [4.69, 9.17) is 4.74 Å². The normalized spacial score (nSPS) is 27.1. The minimum Gasteiger partial charge on any atom is -0.446 e. The molecule has 4 saturated carbocycles. The molecule has 2 unspecified atom stereocenters. The molecule has 3 N–H and O–H groups in total. The van der Waals surface area contributed by atoms with Gasteiger partial charge in [-0.05, 0) is 91.0 Å².